The third kappa shape index (κ3) is 3.43. The van der Waals surface area contributed by atoms with Crippen molar-refractivity contribution in [3.05, 3.63) is 61.2 Å². The van der Waals surface area contributed by atoms with Crippen LogP contribution in [-0.4, -0.2) is 21.4 Å². The van der Waals surface area contributed by atoms with Crippen molar-refractivity contribution in [1.82, 2.24) is 14.9 Å². The smallest absolute Gasteiger partial charge is 0.303 e. The third-order valence-corrected chi connectivity index (χ3v) is 4.70. The zero-order valence-electron chi connectivity index (χ0n) is 12.3. The minimum atomic E-state index is -4.67. The van der Waals surface area contributed by atoms with Gasteiger partial charge in [0.05, 0.1) is 21.3 Å². The van der Waals surface area contributed by atoms with Gasteiger partial charge in [0.1, 0.15) is 0 Å². The van der Waals surface area contributed by atoms with Crippen LogP contribution in [0.1, 0.15) is 22.6 Å². The Kier molecular flexibility index (Phi) is 4.59. The van der Waals surface area contributed by atoms with E-state index in [1.807, 2.05) is 16.0 Å². The van der Waals surface area contributed by atoms with Crippen molar-refractivity contribution >= 4 is 23.2 Å². The Bertz CT molecular complexity index is 836. The average Bonchev–Trinajstić information content (AvgIpc) is 2.51. The van der Waals surface area contributed by atoms with Crippen molar-refractivity contribution in [3.63, 3.8) is 0 Å². The third-order valence-electron chi connectivity index (χ3n) is 3.84. The molecule has 0 bridgehead atoms. The Morgan fingerprint density at radius 3 is 2.75 bits per heavy atom. The molecule has 0 unspecified atom stereocenters. The molecule has 4 nitrogen and oxygen atoms in total. The Labute approximate surface area is 145 Å². The van der Waals surface area contributed by atoms with Gasteiger partial charge in [-0.3, -0.25) is 9.69 Å². The predicted octanol–water partition coefficient (Wildman–Crippen LogP) is 3.65. The van der Waals surface area contributed by atoms with Gasteiger partial charge in [0, 0.05) is 26.1 Å². The number of nitrogens with zero attached hydrogens (tertiary/aromatic N) is 2. The van der Waals surface area contributed by atoms with Gasteiger partial charge in [-0.05, 0) is 11.6 Å². The van der Waals surface area contributed by atoms with E-state index in [1.165, 1.54) is 0 Å². The molecule has 0 spiro atoms. The van der Waals surface area contributed by atoms with Crippen LogP contribution in [0.15, 0.2) is 23.0 Å². The molecule has 0 fully saturated rings. The average molecular weight is 378 g/mol. The van der Waals surface area contributed by atoms with Crippen molar-refractivity contribution in [2.24, 2.45) is 0 Å². The van der Waals surface area contributed by atoms with Gasteiger partial charge in [-0.1, -0.05) is 35.3 Å². The van der Waals surface area contributed by atoms with Gasteiger partial charge in [-0.15, -0.1) is 0 Å². The summed E-state index contributed by atoms with van der Waals surface area (Å²) < 4.78 is 38.1. The quantitative estimate of drug-likeness (QED) is 0.868. The first-order chi connectivity index (χ1) is 11.3. The van der Waals surface area contributed by atoms with Gasteiger partial charge in [0.15, 0.2) is 0 Å². The first kappa shape index (κ1) is 17.3. The molecule has 24 heavy (non-hydrogen) atoms. The van der Waals surface area contributed by atoms with E-state index in [0.29, 0.717) is 23.1 Å². The fourth-order valence-electron chi connectivity index (χ4n) is 2.66. The molecule has 9 heteroatoms. The molecule has 128 valence electrons. The minimum Gasteiger partial charge on any atom is -0.303 e. The number of H-pyrrole nitrogens is 1. The lowest BCUT2D eigenvalue weighted by Crippen LogP contribution is -2.36. The number of rotatable bonds is 2. The summed E-state index contributed by atoms with van der Waals surface area (Å²) in [6, 6.07) is 5.26. The second kappa shape index (κ2) is 6.38. The maximum absolute atomic E-state index is 12.7. The second-order valence-corrected chi connectivity index (χ2v) is 6.30. The van der Waals surface area contributed by atoms with Crippen molar-refractivity contribution in [2.45, 2.75) is 25.7 Å². The molecule has 0 radical (unpaired) electrons. The van der Waals surface area contributed by atoms with Crippen LogP contribution >= 0.6 is 23.2 Å². The van der Waals surface area contributed by atoms with Gasteiger partial charge >= 0.3 is 6.18 Å². The van der Waals surface area contributed by atoms with Crippen LogP contribution in [0.2, 0.25) is 10.0 Å². The molecule has 2 heterocycles. The van der Waals surface area contributed by atoms with Crippen molar-refractivity contribution in [2.75, 3.05) is 6.54 Å². The Balaban J connectivity index is 1.85. The normalized spacial score (nSPS) is 15.4. The number of aromatic amines is 1. The van der Waals surface area contributed by atoms with Crippen molar-refractivity contribution in [1.29, 1.82) is 0 Å². The van der Waals surface area contributed by atoms with Crippen molar-refractivity contribution in [3.8, 4) is 0 Å². The Morgan fingerprint density at radius 1 is 1.29 bits per heavy atom. The number of nitrogens with one attached hydrogen (secondary N) is 1. The molecule has 1 aliphatic heterocycles. The molecule has 1 aromatic carbocycles. The van der Waals surface area contributed by atoms with E-state index in [4.69, 9.17) is 23.2 Å². The molecular weight excluding hydrogens is 366 g/mol. The molecular formula is C15H12Cl2F3N3O. The lowest BCUT2D eigenvalue weighted by molar-refractivity contribution is -0.145. The lowest BCUT2D eigenvalue weighted by atomic mass is 10.1. The summed E-state index contributed by atoms with van der Waals surface area (Å²) >= 11 is 12.1. The van der Waals surface area contributed by atoms with Crippen LogP contribution in [0.25, 0.3) is 0 Å². The van der Waals surface area contributed by atoms with Crippen LogP contribution < -0.4 is 5.56 Å². The van der Waals surface area contributed by atoms with Crippen LogP contribution in [0.3, 0.4) is 0 Å². The molecule has 0 aliphatic carbocycles. The molecule has 0 saturated heterocycles. The molecule has 1 aliphatic rings. The molecule has 1 aromatic heterocycles. The molecule has 3 rings (SSSR count). The first-order valence-electron chi connectivity index (χ1n) is 7.10. The lowest BCUT2D eigenvalue weighted by Gasteiger charge is -2.28. The predicted molar refractivity (Wildman–Crippen MR) is 84.1 cm³/mol. The summed E-state index contributed by atoms with van der Waals surface area (Å²) in [5.74, 6) is -1.25. The number of halogens is 5. The van der Waals surface area contributed by atoms with E-state index in [-0.39, 0.29) is 24.2 Å². The number of alkyl halides is 3. The minimum absolute atomic E-state index is 0.194. The highest BCUT2D eigenvalue weighted by Crippen LogP contribution is 2.29. The summed E-state index contributed by atoms with van der Waals surface area (Å²) in [5.41, 5.74) is 0.491. The van der Waals surface area contributed by atoms with E-state index >= 15 is 0 Å². The van der Waals surface area contributed by atoms with E-state index in [2.05, 4.69) is 4.98 Å². The summed E-state index contributed by atoms with van der Waals surface area (Å²) in [5, 5.41) is 0.866. The summed E-state index contributed by atoms with van der Waals surface area (Å²) in [4.78, 5) is 19.3. The van der Waals surface area contributed by atoms with E-state index in [9.17, 15) is 18.0 Å². The van der Waals surface area contributed by atoms with E-state index in [1.54, 1.807) is 12.1 Å². The monoisotopic (exact) mass is 377 g/mol. The van der Waals surface area contributed by atoms with Gasteiger partial charge in [0.2, 0.25) is 5.82 Å². The fourth-order valence-corrected chi connectivity index (χ4v) is 3.04. The Morgan fingerprint density at radius 2 is 2.04 bits per heavy atom. The van der Waals surface area contributed by atoms with Gasteiger partial charge in [0.25, 0.3) is 5.56 Å². The number of fused-ring (bicyclic) bond motifs is 1. The number of hydrogen-bond donors (Lipinski definition) is 1. The maximum Gasteiger partial charge on any atom is 0.449 e. The zero-order valence-corrected chi connectivity index (χ0v) is 13.8. The second-order valence-electron chi connectivity index (χ2n) is 5.51. The summed E-state index contributed by atoms with van der Waals surface area (Å²) in [7, 11) is 0. The maximum atomic E-state index is 12.7. The van der Waals surface area contributed by atoms with Crippen molar-refractivity contribution < 1.29 is 13.2 Å². The van der Waals surface area contributed by atoms with E-state index < -0.39 is 17.6 Å². The van der Waals surface area contributed by atoms with Gasteiger partial charge in [-0.25, -0.2) is 4.98 Å². The molecule has 0 saturated carbocycles. The number of aromatic nitrogens is 2. The molecule has 2 aromatic rings. The molecule has 0 amide bonds. The zero-order chi connectivity index (χ0) is 17.5. The SMILES string of the molecule is O=c1[nH]c(C(F)(F)F)nc2c1CN(Cc1cccc(Cl)c1Cl)CC2. The van der Waals surface area contributed by atoms with Crippen LogP contribution in [-0.2, 0) is 25.7 Å². The highest BCUT2D eigenvalue weighted by atomic mass is 35.5. The topological polar surface area (TPSA) is 49.0 Å². The number of hydrogen-bond acceptors (Lipinski definition) is 3. The highest BCUT2D eigenvalue weighted by molar-refractivity contribution is 6.42. The first-order valence-corrected chi connectivity index (χ1v) is 7.86. The fraction of sp³-hybridized carbons (Fsp3) is 0.333. The van der Waals surface area contributed by atoms with Crippen LogP contribution in [0.5, 0.6) is 0 Å². The standard InChI is InChI=1S/C15H12Cl2F3N3O/c16-10-3-1-2-8(12(10)17)6-23-5-4-11-9(7-23)13(24)22-14(21-11)15(18,19)20/h1-3H,4-7H2,(H,21,22,24). The van der Waals surface area contributed by atoms with Crippen LogP contribution in [0.4, 0.5) is 13.2 Å². The van der Waals surface area contributed by atoms with Gasteiger partial charge < -0.3 is 4.98 Å². The molecule has 0 atom stereocenters. The number of benzene rings is 1. The largest absolute Gasteiger partial charge is 0.449 e. The highest BCUT2D eigenvalue weighted by Gasteiger charge is 2.35. The summed E-state index contributed by atoms with van der Waals surface area (Å²) in [6.45, 7) is 1.13. The van der Waals surface area contributed by atoms with Gasteiger partial charge in [-0.2, -0.15) is 13.2 Å². The molecule has 1 N–H and O–H groups in total. The summed E-state index contributed by atoms with van der Waals surface area (Å²) in [6.07, 6.45) is -4.40. The van der Waals surface area contributed by atoms with E-state index in [0.717, 1.165) is 5.56 Å². The van der Waals surface area contributed by atoms with Crippen LogP contribution in [0, 0.1) is 0 Å². The Hall–Kier alpha value is -1.57.